The lowest BCUT2D eigenvalue weighted by Crippen LogP contribution is -2.35. The van der Waals surface area contributed by atoms with Gasteiger partial charge in [0.25, 0.3) is 0 Å². The van der Waals surface area contributed by atoms with Gasteiger partial charge in [0.2, 0.25) is 5.91 Å². The van der Waals surface area contributed by atoms with E-state index in [4.69, 9.17) is 0 Å². The Morgan fingerprint density at radius 3 is 2.38 bits per heavy atom. The fourth-order valence-electron chi connectivity index (χ4n) is 2.14. The third kappa shape index (κ3) is 5.85. The number of hydrogen-bond donors (Lipinski definition) is 1. The maximum absolute atomic E-state index is 11.9. The molecule has 1 aromatic carbocycles. The van der Waals surface area contributed by atoms with E-state index in [2.05, 4.69) is 24.1 Å². The van der Waals surface area contributed by atoms with Gasteiger partial charge < -0.3 is 10.2 Å². The quantitative estimate of drug-likeness (QED) is 0.780. The molecule has 1 amide bonds. The number of hydrogen-bond acceptors (Lipinski definition) is 4. The van der Waals surface area contributed by atoms with Gasteiger partial charge in [0.15, 0.2) is 9.84 Å². The highest BCUT2D eigenvalue weighted by atomic mass is 32.2. The summed E-state index contributed by atoms with van der Waals surface area (Å²) in [5.74, 6) is -0.154. The molecule has 0 aliphatic heterocycles. The number of benzene rings is 1. The minimum absolute atomic E-state index is 0.0848. The Morgan fingerprint density at radius 2 is 1.81 bits per heavy atom. The van der Waals surface area contributed by atoms with E-state index in [0.29, 0.717) is 12.1 Å². The molecule has 1 N–H and O–H groups in total. The molecule has 1 aromatic rings. The topological polar surface area (TPSA) is 66.5 Å². The smallest absolute Gasteiger partial charge is 0.224 e. The van der Waals surface area contributed by atoms with Crippen LogP contribution in [0, 0.1) is 0 Å². The Bertz CT molecular complexity index is 566. The SMILES string of the molecule is CCN(CC)CCNC(=O)Cc1ccccc1S(C)(=O)=O. The van der Waals surface area contributed by atoms with Crippen molar-refractivity contribution in [1.82, 2.24) is 10.2 Å². The second kappa shape index (κ2) is 8.14. The summed E-state index contributed by atoms with van der Waals surface area (Å²) in [5, 5.41) is 2.83. The van der Waals surface area contributed by atoms with E-state index >= 15 is 0 Å². The normalized spacial score (nSPS) is 11.6. The summed E-state index contributed by atoms with van der Waals surface area (Å²) >= 11 is 0. The molecular weight excluding hydrogens is 288 g/mol. The number of sulfone groups is 1. The maximum atomic E-state index is 11.9. The molecule has 1 rings (SSSR count). The van der Waals surface area contributed by atoms with Gasteiger partial charge in [0.05, 0.1) is 11.3 Å². The highest BCUT2D eigenvalue weighted by Crippen LogP contribution is 2.15. The minimum Gasteiger partial charge on any atom is -0.355 e. The summed E-state index contributed by atoms with van der Waals surface area (Å²) in [4.78, 5) is 14.4. The number of amides is 1. The minimum atomic E-state index is -3.31. The van der Waals surface area contributed by atoms with Crippen LogP contribution in [0.4, 0.5) is 0 Å². The van der Waals surface area contributed by atoms with Gasteiger partial charge in [-0.1, -0.05) is 32.0 Å². The Hall–Kier alpha value is -1.40. The first-order valence-corrected chi connectivity index (χ1v) is 9.04. The molecule has 0 aliphatic rings. The van der Waals surface area contributed by atoms with Crippen LogP contribution >= 0.6 is 0 Å². The third-order valence-corrected chi connectivity index (χ3v) is 4.56. The standard InChI is InChI=1S/C15H24N2O3S/c1-4-17(5-2)11-10-16-15(18)12-13-8-6-7-9-14(13)21(3,19)20/h6-9H,4-5,10-12H2,1-3H3,(H,16,18). The van der Waals surface area contributed by atoms with Gasteiger partial charge in [-0.05, 0) is 24.7 Å². The molecule has 0 atom stereocenters. The molecule has 0 aliphatic carbocycles. The molecule has 0 heterocycles. The molecule has 118 valence electrons. The van der Waals surface area contributed by atoms with Gasteiger partial charge in [0, 0.05) is 19.3 Å². The van der Waals surface area contributed by atoms with Gasteiger partial charge in [-0.25, -0.2) is 8.42 Å². The summed E-state index contributed by atoms with van der Waals surface area (Å²) in [6, 6.07) is 6.62. The van der Waals surface area contributed by atoms with Gasteiger partial charge in [-0.3, -0.25) is 4.79 Å². The molecule has 0 spiro atoms. The van der Waals surface area contributed by atoms with Gasteiger partial charge in [-0.2, -0.15) is 0 Å². The van der Waals surface area contributed by atoms with E-state index in [1.165, 1.54) is 6.07 Å². The zero-order chi connectivity index (χ0) is 15.9. The van der Waals surface area contributed by atoms with Crippen LogP contribution in [0.5, 0.6) is 0 Å². The second-order valence-corrected chi connectivity index (χ2v) is 6.92. The van der Waals surface area contributed by atoms with Crippen LogP contribution in [0.15, 0.2) is 29.2 Å². The number of rotatable bonds is 8. The van der Waals surface area contributed by atoms with Crippen molar-refractivity contribution in [2.45, 2.75) is 25.2 Å². The van der Waals surface area contributed by atoms with E-state index < -0.39 is 9.84 Å². The highest BCUT2D eigenvalue weighted by molar-refractivity contribution is 7.90. The summed E-state index contributed by atoms with van der Waals surface area (Å²) in [6.07, 6.45) is 1.24. The lowest BCUT2D eigenvalue weighted by atomic mass is 10.1. The monoisotopic (exact) mass is 312 g/mol. The average molecular weight is 312 g/mol. The molecule has 5 nitrogen and oxygen atoms in total. The zero-order valence-corrected chi connectivity index (χ0v) is 13.7. The van der Waals surface area contributed by atoms with E-state index in [0.717, 1.165) is 25.9 Å². The Balaban J connectivity index is 2.60. The van der Waals surface area contributed by atoms with Crippen molar-refractivity contribution in [2.24, 2.45) is 0 Å². The molecule has 0 unspecified atom stereocenters. The summed E-state index contributed by atoms with van der Waals surface area (Å²) < 4.78 is 23.4. The molecule has 0 radical (unpaired) electrons. The van der Waals surface area contributed by atoms with Crippen molar-refractivity contribution >= 4 is 15.7 Å². The molecule has 0 bridgehead atoms. The number of carbonyl (C=O) groups excluding carboxylic acids is 1. The highest BCUT2D eigenvalue weighted by Gasteiger charge is 2.14. The Morgan fingerprint density at radius 1 is 1.19 bits per heavy atom. The number of nitrogens with one attached hydrogen (secondary N) is 1. The van der Waals surface area contributed by atoms with E-state index in [1.54, 1.807) is 18.2 Å². The fourth-order valence-corrected chi connectivity index (χ4v) is 3.08. The first kappa shape index (κ1) is 17.7. The van der Waals surface area contributed by atoms with Crippen LogP contribution in [0.25, 0.3) is 0 Å². The second-order valence-electron chi connectivity index (χ2n) is 4.93. The summed E-state index contributed by atoms with van der Waals surface area (Å²) in [6.45, 7) is 7.42. The predicted octanol–water partition coefficient (Wildman–Crippen LogP) is 1.09. The zero-order valence-electron chi connectivity index (χ0n) is 12.9. The van der Waals surface area contributed by atoms with Gasteiger partial charge in [-0.15, -0.1) is 0 Å². The molecule has 0 fully saturated rings. The van der Waals surface area contributed by atoms with Crippen molar-refractivity contribution in [2.75, 3.05) is 32.4 Å². The van der Waals surface area contributed by atoms with Crippen LogP contribution in [0.3, 0.4) is 0 Å². The maximum Gasteiger partial charge on any atom is 0.224 e. The number of nitrogens with zero attached hydrogens (tertiary/aromatic N) is 1. The van der Waals surface area contributed by atoms with E-state index in [9.17, 15) is 13.2 Å². The van der Waals surface area contributed by atoms with Crippen molar-refractivity contribution in [3.8, 4) is 0 Å². The number of likely N-dealkylation sites (N-methyl/N-ethyl adjacent to an activating group) is 1. The average Bonchev–Trinajstić information content (AvgIpc) is 2.43. The molecular formula is C15H24N2O3S. The first-order valence-electron chi connectivity index (χ1n) is 7.15. The lowest BCUT2D eigenvalue weighted by Gasteiger charge is -2.18. The van der Waals surface area contributed by atoms with Crippen LogP contribution < -0.4 is 5.32 Å². The van der Waals surface area contributed by atoms with Crippen LogP contribution in [-0.2, 0) is 21.1 Å². The van der Waals surface area contributed by atoms with Crippen molar-refractivity contribution in [3.63, 3.8) is 0 Å². The Kier molecular flexibility index (Phi) is 6.84. The fraction of sp³-hybridized carbons (Fsp3) is 0.533. The van der Waals surface area contributed by atoms with E-state index in [1.807, 2.05) is 0 Å². The van der Waals surface area contributed by atoms with Crippen molar-refractivity contribution in [1.29, 1.82) is 0 Å². The largest absolute Gasteiger partial charge is 0.355 e. The van der Waals surface area contributed by atoms with Gasteiger partial charge in [0.1, 0.15) is 0 Å². The van der Waals surface area contributed by atoms with E-state index in [-0.39, 0.29) is 17.2 Å². The summed E-state index contributed by atoms with van der Waals surface area (Å²) in [7, 11) is -3.31. The molecule has 0 aromatic heterocycles. The predicted molar refractivity (Wildman–Crippen MR) is 84.1 cm³/mol. The van der Waals surface area contributed by atoms with Crippen LogP contribution in [0.2, 0.25) is 0 Å². The lowest BCUT2D eigenvalue weighted by molar-refractivity contribution is -0.120. The molecule has 0 saturated heterocycles. The van der Waals surface area contributed by atoms with Crippen molar-refractivity contribution in [3.05, 3.63) is 29.8 Å². The molecule has 0 saturated carbocycles. The van der Waals surface area contributed by atoms with Crippen molar-refractivity contribution < 1.29 is 13.2 Å². The first-order chi connectivity index (χ1) is 9.88. The third-order valence-electron chi connectivity index (χ3n) is 3.37. The summed E-state index contributed by atoms with van der Waals surface area (Å²) in [5.41, 5.74) is 0.542. The number of carbonyl (C=O) groups is 1. The van der Waals surface area contributed by atoms with Gasteiger partial charge >= 0.3 is 0 Å². The van der Waals surface area contributed by atoms with Crippen LogP contribution in [-0.4, -0.2) is 51.7 Å². The molecule has 6 heteroatoms. The molecule has 21 heavy (non-hydrogen) atoms. The Labute approximate surface area is 127 Å². The van der Waals surface area contributed by atoms with Crippen LogP contribution in [0.1, 0.15) is 19.4 Å².